The van der Waals surface area contributed by atoms with Gasteiger partial charge in [0.25, 0.3) is 5.91 Å². The zero-order chi connectivity index (χ0) is 15.5. The van der Waals surface area contributed by atoms with Crippen LogP contribution in [-0.4, -0.2) is 40.4 Å². The topological polar surface area (TPSA) is 86.2 Å². The second kappa shape index (κ2) is 6.55. The van der Waals surface area contributed by atoms with E-state index in [1.807, 2.05) is 6.92 Å². The minimum Gasteiger partial charge on any atom is -0.471 e. The number of aromatic nitrogens is 3. The number of rotatable bonds is 4. The van der Waals surface area contributed by atoms with Crippen molar-refractivity contribution in [1.29, 1.82) is 0 Å². The molecule has 0 radical (unpaired) electrons. The van der Waals surface area contributed by atoms with Crippen LogP contribution in [0.5, 0.6) is 5.88 Å². The van der Waals surface area contributed by atoms with E-state index >= 15 is 0 Å². The molecular formula is C13H13ClN4O3S. The molecule has 116 valence electrons. The summed E-state index contributed by atoms with van der Waals surface area (Å²) in [6.07, 6.45) is 2.17. The van der Waals surface area contributed by atoms with Crippen molar-refractivity contribution >= 4 is 34.0 Å². The average molecular weight is 341 g/mol. The van der Waals surface area contributed by atoms with Crippen LogP contribution < -0.4 is 10.1 Å². The predicted octanol–water partition coefficient (Wildman–Crippen LogP) is 2.31. The minimum atomic E-state index is -0.346. The van der Waals surface area contributed by atoms with Crippen molar-refractivity contribution in [3.05, 3.63) is 27.9 Å². The Labute approximate surface area is 135 Å². The minimum absolute atomic E-state index is 0.0472. The summed E-state index contributed by atoms with van der Waals surface area (Å²) in [4.78, 5) is 16.2. The monoisotopic (exact) mass is 340 g/mol. The molecule has 2 aromatic heterocycles. The van der Waals surface area contributed by atoms with Gasteiger partial charge in [0.05, 0.1) is 18.8 Å². The number of halogens is 1. The third kappa shape index (κ3) is 3.52. The Bertz CT molecular complexity index is 688. The Balaban J connectivity index is 1.69. The molecule has 3 heterocycles. The smallest absolute Gasteiger partial charge is 0.259 e. The van der Waals surface area contributed by atoms with E-state index in [2.05, 4.69) is 20.5 Å². The molecule has 1 saturated heterocycles. The highest BCUT2D eigenvalue weighted by molar-refractivity contribution is 7.15. The number of amides is 1. The maximum absolute atomic E-state index is 12.1. The summed E-state index contributed by atoms with van der Waals surface area (Å²) in [6, 6.07) is 1.52. The van der Waals surface area contributed by atoms with E-state index in [0.29, 0.717) is 29.8 Å². The van der Waals surface area contributed by atoms with Crippen molar-refractivity contribution in [3.63, 3.8) is 0 Å². The van der Waals surface area contributed by atoms with Gasteiger partial charge in [0.1, 0.15) is 16.1 Å². The molecule has 9 heteroatoms. The molecule has 0 spiro atoms. The van der Waals surface area contributed by atoms with E-state index in [4.69, 9.17) is 21.1 Å². The molecule has 1 fully saturated rings. The van der Waals surface area contributed by atoms with Crippen molar-refractivity contribution in [2.45, 2.75) is 19.4 Å². The molecule has 0 unspecified atom stereocenters. The zero-order valence-electron chi connectivity index (χ0n) is 11.7. The summed E-state index contributed by atoms with van der Waals surface area (Å²) < 4.78 is 10.9. The van der Waals surface area contributed by atoms with Gasteiger partial charge in [-0.1, -0.05) is 22.9 Å². The fourth-order valence-corrected chi connectivity index (χ4v) is 2.71. The number of anilines is 1. The first kappa shape index (κ1) is 15.1. The molecule has 1 aliphatic heterocycles. The molecule has 22 heavy (non-hydrogen) atoms. The van der Waals surface area contributed by atoms with Crippen molar-refractivity contribution in [1.82, 2.24) is 15.2 Å². The molecule has 0 bridgehead atoms. The number of aryl methyl sites for hydroxylation is 1. The van der Waals surface area contributed by atoms with Gasteiger partial charge in [-0.2, -0.15) is 0 Å². The van der Waals surface area contributed by atoms with Gasteiger partial charge < -0.3 is 9.47 Å². The van der Waals surface area contributed by atoms with Crippen LogP contribution in [0.4, 0.5) is 5.13 Å². The molecule has 0 aliphatic carbocycles. The second-order valence-electron chi connectivity index (χ2n) is 4.69. The van der Waals surface area contributed by atoms with Gasteiger partial charge in [-0.05, 0) is 13.0 Å². The van der Waals surface area contributed by atoms with Crippen molar-refractivity contribution in [2.24, 2.45) is 0 Å². The molecule has 1 N–H and O–H groups in total. The van der Waals surface area contributed by atoms with E-state index in [1.54, 1.807) is 0 Å². The zero-order valence-corrected chi connectivity index (χ0v) is 13.3. The lowest BCUT2D eigenvalue weighted by Gasteiger charge is -2.12. The van der Waals surface area contributed by atoms with Gasteiger partial charge in [-0.3, -0.25) is 10.1 Å². The molecule has 0 aromatic carbocycles. The SMILES string of the molecule is Cc1nnc(NC(=O)c2cnc(O[C@H]3CCOC3)c(Cl)c2)s1. The highest BCUT2D eigenvalue weighted by Crippen LogP contribution is 2.25. The number of nitrogens with zero attached hydrogens (tertiary/aromatic N) is 3. The van der Waals surface area contributed by atoms with Crippen LogP contribution in [0.1, 0.15) is 21.8 Å². The quantitative estimate of drug-likeness (QED) is 0.919. The summed E-state index contributed by atoms with van der Waals surface area (Å²) in [5, 5.41) is 11.8. The van der Waals surface area contributed by atoms with Gasteiger partial charge in [0.2, 0.25) is 11.0 Å². The number of hydrogen-bond acceptors (Lipinski definition) is 7. The lowest BCUT2D eigenvalue weighted by Crippen LogP contribution is -2.17. The lowest BCUT2D eigenvalue weighted by atomic mass is 10.2. The molecule has 0 saturated carbocycles. The highest BCUT2D eigenvalue weighted by atomic mass is 35.5. The molecule has 2 aromatic rings. The van der Waals surface area contributed by atoms with E-state index in [1.165, 1.54) is 23.6 Å². The van der Waals surface area contributed by atoms with Crippen LogP contribution in [0.2, 0.25) is 5.02 Å². The summed E-state index contributed by atoms with van der Waals surface area (Å²) in [5.74, 6) is -0.0400. The maximum atomic E-state index is 12.1. The average Bonchev–Trinajstić information content (AvgIpc) is 3.13. The highest BCUT2D eigenvalue weighted by Gasteiger charge is 2.20. The fraction of sp³-hybridized carbons (Fsp3) is 0.385. The summed E-state index contributed by atoms with van der Waals surface area (Å²) in [6.45, 7) is 3.01. The first-order valence-electron chi connectivity index (χ1n) is 6.63. The van der Waals surface area contributed by atoms with Gasteiger partial charge in [-0.15, -0.1) is 10.2 Å². The maximum Gasteiger partial charge on any atom is 0.259 e. The largest absolute Gasteiger partial charge is 0.471 e. The second-order valence-corrected chi connectivity index (χ2v) is 6.28. The molecular weight excluding hydrogens is 328 g/mol. The van der Waals surface area contributed by atoms with Gasteiger partial charge in [-0.25, -0.2) is 4.98 Å². The number of nitrogens with one attached hydrogen (secondary N) is 1. The molecule has 7 nitrogen and oxygen atoms in total. The first-order valence-corrected chi connectivity index (χ1v) is 7.82. The lowest BCUT2D eigenvalue weighted by molar-refractivity contribution is 0.102. The van der Waals surface area contributed by atoms with E-state index in [9.17, 15) is 4.79 Å². The van der Waals surface area contributed by atoms with Crippen molar-refractivity contribution in [3.8, 4) is 5.88 Å². The molecule has 1 amide bonds. The number of ether oxygens (including phenoxy) is 2. The third-order valence-electron chi connectivity index (χ3n) is 2.98. The van der Waals surface area contributed by atoms with E-state index in [0.717, 1.165) is 11.4 Å². The Morgan fingerprint density at radius 2 is 2.41 bits per heavy atom. The molecule has 1 atom stereocenters. The Morgan fingerprint density at radius 1 is 1.55 bits per heavy atom. The van der Waals surface area contributed by atoms with Gasteiger partial charge in [0.15, 0.2) is 0 Å². The Kier molecular flexibility index (Phi) is 4.51. The van der Waals surface area contributed by atoms with Crippen LogP contribution in [-0.2, 0) is 4.74 Å². The van der Waals surface area contributed by atoms with Gasteiger partial charge >= 0.3 is 0 Å². The van der Waals surface area contributed by atoms with Crippen molar-refractivity contribution in [2.75, 3.05) is 18.5 Å². The number of hydrogen-bond donors (Lipinski definition) is 1. The number of pyridine rings is 1. The van der Waals surface area contributed by atoms with Crippen LogP contribution >= 0.6 is 22.9 Å². The van der Waals surface area contributed by atoms with Gasteiger partial charge in [0, 0.05) is 12.6 Å². The number of carbonyl (C=O) groups excluding carboxylic acids is 1. The van der Waals surface area contributed by atoms with E-state index in [-0.39, 0.29) is 17.0 Å². The van der Waals surface area contributed by atoms with Crippen LogP contribution in [0.15, 0.2) is 12.3 Å². The number of carbonyl (C=O) groups is 1. The summed E-state index contributed by atoms with van der Waals surface area (Å²) in [7, 11) is 0. The molecule has 1 aliphatic rings. The predicted molar refractivity (Wildman–Crippen MR) is 81.7 cm³/mol. The van der Waals surface area contributed by atoms with Crippen molar-refractivity contribution < 1.29 is 14.3 Å². The Hall–Kier alpha value is -1.77. The first-order chi connectivity index (χ1) is 10.6. The standard InChI is InChI=1S/C13H13ClN4O3S/c1-7-17-18-13(22-7)16-11(19)8-4-10(14)12(15-5-8)21-9-2-3-20-6-9/h4-5,9H,2-3,6H2,1H3,(H,16,18,19)/t9-/m0/s1. The van der Waals surface area contributed by atoms with E-state index < -0.39 is 0 Å². The fourth-order valence-electron chi connectivity index (χ4n) is 1.92. The molecule has 3 rings (SSSR count). The van der Waals surface area contributed by atoms with Crippen LogP contribution in [0, 0.1) is 6.92 Å². The third-order valence-corrected chi connectivity index (χ3v) is 4.01. The normalized spacial score (nSPS) is 17.5. The Morgan fingerprint density at radius 3 is 3.05 bits per heavy atom. The summed E-state index contributed by atoms with van der Waals surface area (Å²) in [5.41, 5.74) is 0.327. The van der Waals surface area contributed by atoms with Crippen LogP contribution in [0.25, 0.3) is 0 Å². The van der Waals surface area contributed by atoms with Crippen LogP contribution in [0.3, 0.4) is 0 Å². The summed E-state index contributed by atoms with van der Waals surface area (Å²) >= 11 is 7.42.